The molecule has 1 aliphatic heterocycles. The number of carbonyl (C=O) groups is 1. The van der Waals surface area contributed by atoms with Gasteiger partial charge in [-0.25, -0.2) is 9.97 Å². The quantitative estimate of drug-likeness (QED) is 0.693. The van der Waals surface area contributed by atoms with Crippen LogP contribution >= 0.6 is 0 Å². The third-order valence-electron chi connectivity index (χ3n) is 2.99. The molecule has 0 aromatic carbocycles. The first-order chi connectivity index (χ1) is 8.74. The minimum Gasteiger partial charge on any atom is -0.382 e. The third-order valence-corrected chi connectivity index (χ3v) is 2.99. The molecule has 1 unspecified atom stereocenters. The maximum Gasteiger partial charge on any atom is 0.242 e. The largest absolute Gasteiger partial charge is 0.382 e. The smallest absolute Gasteiger partial charge is 0.242 e. The van der Waals surface area contributed by atoms with E-state index in [0.717, 1.165) is 19.4 Å². The highest BCUT2D eigenvalue weighted by Crippen LogP contribution is 2.17. The first-order valence-electron chi connectivity index (χ1n) is 5.87. The molecular weight excluding hydrogens is 232 g/mol. The van der Waals surface area contributed by atoms with Gasteiger partial charge in [0.1, 0.15) is 11.9 Å². The molecule has 2 aromatic rings. The third kappa shape index (κ3) is 1.83. The Hall–Kier alpha value is -2.31. The molecule has 1 saturated heterocycles. The minimum atomic E-state index is -0.270. The van der Waals surface area contributed by atoms with Crippen molar-refractivity contribution < 1.29 is 4.79 Å². The van der Waals surface area contributed by atoms with E-state index in [0.29, 0.717) is 17.3 Å². The Morgan fingerprint density at radius 1 is 1.56 bits per heavy atom. The molecule has 1 aliphatic rings. The van der Waals surface area contributed by atoms with Crippen LogP contribution in [-0.2, 0) is 4.79 Å². The van der Waals surface area contributed by atoms with Crippen LogP contribution in [0.3, 0.4) is 0 Å². The lowest BCUT2D eigenvalue weighted by Gasteiger charge is -2.23. The van der Waals surface area contributed by atoms with E-state index in [1.54, 1.807) is 23.0 Å². The number of hydrogen-bond acceptors (Lipinski definition) is 5. The van der Waals surface area contributed by atoms with Gasteiger partial charge in [0.05, 0.1) is 6.20 Å². The van der Waals surface area contributed by atoms with Crippen molar-refractivity contribution in [3.8, 4) is 0 Å². The topological polar surface area (TPSA) is 97.3 Å². The Bertz CT molecular complexity index is 592. The number of rotatable bonds is 2. The molecule has 0 aliphatic carbocycles. The fraction of sp³-hybridized carbons (Fsp3) is 0.364. The molecule has 0 spiro atoms. The Morgan fingerprint density at radius 2 is 2.44 bits per heavy atom. The highest BCUT2D eigenvalue weighted by atomic mass is 16.2. The summed E-state index contributed by atoms with van der Waals surface area (Å²) in [7, 11) is 0. The molecule has 0 bridgehead atoms. The number of aromatic nitrogens is 3. The van der Waals surface area contributed by atoms with E-state index in [9.17, 15) is 4.79 Å². The van der Waals surface area contributed by atoms with E-state index in [1.807, 2.05) is 0 Å². The van der Waals surface area contributed by atoms with Crippen LogP contribution in [-0.4, -0.2) is 32.9 Å². The predicted molar refractivity (Wildman–Crippen MR) is 67.1 cm³/mol. The first kappa shape index (κ1) is 10.8. The van der Waals surface area contributed by atoms with E-state index >= 15 is 0 Å². The number of nitrogen functional groups attached to an aromatic ring is 1. The van der Waals surface area contributed by atoms with E-state index in [4.69, 9.17) is 5.73 Å². The van der Waals surface area contributed by atoms with Crippen LogP contribution in [0.5, 0.6) is 0 Å². The van der Waals surface area contributed by atoms with Gasteiger partial charge in [-0.2, -0.15) is 0 Å². The predicted octanol–water partition coefficient (Wildman–Crippen LogP) is 0.00200. The van der Waals surface area contributed by atoms with Crippen molar-refractivity contribution in [2.75, 3.05) is 17.6 Å². The lowest BCUT2D eigenvalue weighted by atomic mass is 10.1. The first-order valence-corrected chi connectivity index (χ1v) is 5.87. The lowest BCUT2D eigenvalue weighted by Crippen LogP contribution is -2.44. The van der Waals surface area contributed by atoms with Gasteiger partial charge in [0, 0.05) is 18.9 Å². The summed E-state index contributed by atoms with van der Waals surface area (Å²) in [5, 5.41) is 5.94. The summed E-state index contributed by atoms with van der Waals surface area (Å²) in [4.78, 5) is 20.1. The average Bonchev–Trinajstić information content (AvgIpc) is 2.80. The summed E-state index contributed by atoms with van der Waals surface area (Å²) in [5.41, 5.74) is 6.39. The van der Waals surface area contributed by atoms with Crippen LogP contribution in [0.15, 0.2) is 18.6 Å². The van der Waals surface area contributed by atoms with Gasteiger partial charge in [-0.05, 0) is 12.8 Å². The number of anilines is 2. The van der Waals surface area contributed by atoms with Gasteiger partial charge in [-0.15, -0.1) is 0 Å². The second-order valence-corrected chi connectivity index (χ2v) is 4.30. The average molecular weight is 246 g/mol. The van der Waals surface area contributed by atoms with Crippen LogP contribution in [0, 0.1) is 0 Å². The Balaban J connectivity index is 1.93. The van der Waals surface area contributed by atoms with Gasteiger partial charge in [-0.1, -0.05) is 0 Å². The monoisotopic (exact) mass is 246 g/mol. The van der Waals surface area contributed by atoms with E-state index in [-0.39, 0.29) is 11.9 Å². The van der Waals surface area contributed by atoms with Gasteiger partial charge in [0.25, 0.3) is 0 Å². The molecule has 1 fully saturated rings. The van der Waals surface area contributed by atoms with Crippen molar-refractivity contribution in [2.24, 2.45) is 0 Å². The summed E-state index contributed by atoms with van der Waals surface area (Å²) in [5.74, 6) is 0.927. The highest BCUT2D eigenvalue weighted by Gasteiger charge is 2.23. The minimum absolute atomic E-state index is 0.00446. The van der Waals surface area contributed by atoms with Crippen molar-refractivity contribution >= 4 is 23.2 Å². The normalized spacial score (nSPS) is 19.8. The number of piperidine rings is 1. The molecule has 18 heavy (non-hydrogen) atoms. The molecule has 7 heteroatoms. The van der Waals surface area contributed by atoms with E-state index < -0.39 is 0 Å². The molecule has 4 N–H and O–H groups in total. The van der Waals surface area contributed by atoms with Gasteiger partial charge in [-0.3, -0.25) is 4.79 Å². The van der Waals surface area contributed by atoms with Crippen LogP contribution in [0.1, 0.15) is 12.8 Å². The van der Waals surface area contributed by atoms with Crippen LogP contribution in [0.4, 0.5) is 11.6 Å². The molecule has 0 radical (unpaired) electrons. The van der Waals surface area contributed by atoms with Crippen molar-refractivity contribution in [1.82, 2.24) is 19.7 Å². The molecule has 0 saturated carbocycles. The zero-order valence-corrected chi connectivity index (χ0v) is 9.76. The number of fused-ring (bicyclic) bond motifs is 1. The Labute approximate surface area is 103 Å². The SMILES string of the molecule is Nc1cn2ccnc2c(NC2CCCNC2=O)n1. The zero-order valence-electron chi connectivity index (χ0n) is 9.76. The number of nitrogens with one attached hydrogen (secondary N) is 2. The number of carbonyl (C=O) groups excluding carboxylic acids is 1. The standard InChI is InChI=1S/C11H14N6O/c12-8-6-17-5-4-13-10(17)9(16-8)15-7-2-1-3-14-11(7)18/h4-7H,1-3,12H2,(H,14,18)(H,15,16). The molecule has 7 nitrogen and oxygen atoms in total. The summed E-state index contributed by atoms with van der Waals surface area (Å²) in [6, 6.07) is -0.270. The summed E-state index contributed by atoms with van der Waals surface area (Å²) in [6.07, 6.45) is 6.89. The molecule has 3 rings (SSSR count). The number of nitrogens with zero attached hydrogens (tertiary/aromatic N) is 3. The van der Waals surface area contributed by atoms with Crippen LogP contribution in [0.25, 0.3) is 5.65 Å². The molecular formula is C11H14N6O. The number of amides is 1. The molecule has 2 aromatic heterocycles. The van der Waals surface area contributed by atoms with Gasteiger partial charge in [0.15, 0.2) is 11.5 Å². The van der Waals surface area contributed by atoms with Crippen molar-refractivity contribution in [3.63, 3.8) is 0 Å². The van der Waals surface area contributed by atoms with Crippen LogP contribution in [0.2, 0.25) is 0 Å². The Kier molecular flexibility index (Phi) is 2.51. The Morgan fingerprint density at radius 3 is 3.28 bits per heavy atom. The molecule has 94 valence electrons. The number of nitrogens with two attached hydrogens (primary N) is 1. The van der Waals surface area contributed by atoms with Gasteiger partial charge < -0.3 is 20.8 Å². The van der Waals surface area contributed by atoms with E-state index in [2.05, 4.69) is 20.6 Å². The fourth-order valence-corrected chi connectivity index (χ4v) is 2.12. The fourth-order valence-electron chi connectivity index (χ4n) is 2.12. The van der Waals surface area contributed by atoms with Crippen molar-refractivity contribution in [1.29, 1.82) is 0 Å². The maximum absolute atomic E-state index is 11.7. The summed E-state index contributed by atoms with van der Waals surface area (Å²) >= 11 is 0. The lowest BCUT2D eigenvalue weighted by molar-refractivity contribution is -0.123. The van der Waals surface area contributed by atoms with Gasteiger partial charge in [0.2, 0.25) is 5.91 Å². The molecule has 1 atom stereocenters. The second kappa shape index (κ2) is 4.17. The molecule has 1 amide bonds. The zero-order chi connectivity index (χ0) is 12.5. The van der Waals surface area contributed by atoms with Gasteiger partial charge >= 0.3 is 0 Å². The van der Waals surface area contributed by atoms with Crippen molar-refractivity contribution in [3.05, 3.63) is 18.6 Å². The van der Waals surface area contributed by atoms with E-state index in [1.165, 1.54) is 0 Å². The number of imidazole rings is 1. The number of hydrogen-bond donors (Lipinski definition) is 3. The van der Waals surface area contributed by atoms with Crippen molar-refractivity contribution in [2.45, 2.75) is 18.9 Å². The summed E-state index contributed by atoms with van der Waals surface area (Å²) in [6.45, 7) is 0.736. The molecule has 3 heterocycles. The highest BCUT2D eigenvalue weighted by molar-refractivity contribution is 5.86. The maximum atomic E-state index is 11.7. The second-order valence-electron chi connectivity index (χ2n) is 4.30. The summed E-state index contributed by atoms with van der Waals surface area (Å²) < 4.78 is 1.78. The van der Waals surface area contributed by atoms with Crippen LogP contribution < -0.4 is 16.4 Å².